The summed E-state index contributed by atoms with van der Waals surface area (Å²) in [7, 11) is 3.53. The van der Waals surface area contributed by atoms with Crippen LogP contribution in [0.2, 0.25) is 0 Å². The van der Waals surface area contributed by atoms with Crippen LogP contribution in [0.3, 0.4) is 0 Å². The number of ether oxygens (including phenoxy) is 1. The maximum Gasteiger partial charge on any atom is 0.191 e. The minimum absolute atomic E-state index is 0.258. The molecule has 0 saturated carbocycles. The van der Waals surface area contributed by atoms with Gasteiger partial charge in [-0.25, -0.2) is 0 Å². The number of hydrogen-bond donors (Lipinski definition) is 2. The number of aliphatic imine (C=N–C) groups is 1. The lowest BCUT2D eigenvalue weighted by atomic mass is 10.1. The number of likely N-dealkylation sites (N-methyl/N-ethyl adjacent to an activating group) is 1. The van der Waals surface area contributed by atoms with Gasteiger partial charge in [-0.3, -0.25) is 4.99 Å². The molecular weight excluding hydrogens is 278 g/mol. The van der Waals surface area contributed by atoms with E-state index in [1.54, 1.807) is 7.11 Å². The van der Waals surface area contributed by atoms with E-state index >= 15 is 0 Å². The number of rotatable bonds is 8. The molecule has 0 aromatic rings. The van der Waals surface area contributed by atoms with Crippen molar-refractivity contribution in [3.05, 3.63) is 0 Å². The van der Waals surface area contributed by atoms with Crippen LogP contribution in [0.4, 0.5) is 0 Å². The molecule has 0 aromatic heterocycles. The summed E-state index contributed by atoms with van der Waals surface area (Å²) in [5, 5.41) is 6.75. The molecule has 2 N–H and O–H groups in total. The Hall–Kier alpha value is -0.850. The Morgan fingerprint density at radius 2 is 1.82 bits per heavy atom. The van der Waals surface area contributed by atoms with Crippen molar-refractivity contribution < 1.29 is 4.74 Å². The Balaban J connectivity index is 2.22. The number of hydrogen-bond acceptors (Lipinski definition) is 4. The molecule has 0 radical (unpaired) electrons. The van der Waals surface area contributed by atoms with E-state index in [2.05, 4.69) is 46.2 Å². The lowest BCUT2D eigenvalue weighted by Crippen LogP contribution is -2.49. The second kappa shape index (κ2) is 10.8. The second-order valence-corrected chi connectivity index (χ2v) is 6.29. The molecule has 0 amide bonds. The first-order chi connectivity index (χ1) is 10.6. The lowest BCUT2D eigenvalue weighted by molar-refractivity contribution is 0.124. The van der Waals surface area contributed by atoms with E-state index in [-0.39, 0.29) is 6.04 Å². The first-order valence-corrected chi connectivity index (χ1v) is 8.49. The number of guanidine groups is 1. The monoisotopic (exact) mass is 313 g/mol. The summed E-state index contributed by atoms with van der Waals surface area (Å²) in [5.74, 6) is 1.46. The number of piperazine rings is 1. The van der Waals surface area contributed by atoms with Crippen molar-refractivity contribution in [1.29, 1.82) is 0 Å². The Morgan fingerprint density at radius 1 is 1.18 bits per heavy atom. The van der Waals surface area contributed by atoms with E-state index in [1.807, 2.05) is 7.05 Å². The third kappa shape index (κ3) is 7.42. The van der Waals surface area contributed by atoms with Crippen LogP contribution in [0, 0.1) is 5.92 Å². The third-order valence-electron chi connectivity index (χ3n) is 4.12. The number of methoxy groups -OCH3 is 1. The van der Waals surface area contributed by atoms with E-state index in [0.29, 0.717) is 12.5 Å². The van der Waals surface area contributed by atoms with Crippen LogP contribution in [-0.2, 0) is 4.74 Å². The maximum absolute atomic E-state index is 5.14. The molecule has 0 bridgehead atoms. The summed E-state index contributed by atoms with van der Waals surface area (Å²) in [6.45, 7) is 15.4. The lowest BCUT2D eigenvalue weighted by Gasteiger charge is -2.35. The van der Waals surface area contributed by atoms with Gasteiger partial charge in [0.05, 0.1) is 6.61 Å². The van der Waals surface area contributed by atoms with Crippen molar-refractivity contribution in [2.45, 2.75) is 26.8 Å². The molecule has 0 spiro atoms. The SMILES string of the molecule is CCN1CCN(CC(C)CNC(=NC)NC(C)COC)CC1. The summed E-state index contributed by atoms with van der Waals surface area (Å²) >= 11 is 0. The minimum Gasteiger partial charge on any atom is -0.383 e. The van der Waals surface area contributed by atoms with Gasteiger partial charge in [-0.1, -0.05) is 13.8 Å². The fourth-order valence-corrected chi connectivity index (χ4v) is 2.78. The molecule has 6 heteroatoms. The maximum atomic E-state index is 5.14. The summed E-state index contributed by atoms with van der Waals surface area (Å²) in [6.07, 6.45) is 0. The predicted octanol–water partition coefficient (Wildman–Crippen LogP) is 0.460. The molecule has 1 aliphatic heterocycles. The Labute approximate surface area is 136 Å². The first kappa shape index (κ1) is 19.2. The Morgan fingerprint density at radius 3 is 2.36 bits per heavy atom. The Kier molecular flexibility index (Phi) is 9.43. The van der Waals surface area contributed by atoms with Gasteiger partial charge in [0.15, 0.2) is 5.96 Å². The van der Waals surface area contributed by atoms with Gasteiger partial charge in [-0.05, 0) is 19.4 Å². The molecule has 6 nitrogen and oxygen atoms in total. The zero-order chi connectivity index (χ0) is 16.4. The molecule has 0 aromatic carbocycles. The molecule has 0 aliphatic carbocycles. The van der Waals surface area contributed by atoms with Crippen molar-refractivity contribution in [1.82, 2.24) is 20.4 Å². The van der Waals surface area contributed by atoms with Gasteiger partial charge in [-0.15, -0.1) is 0 Å². The average Bonchev–Trinajstić information content (AvgIpc) is 2.52. The molecule has 1 fully saturated rings. The van der Waals surface area contributed by atoms with E-state index in [0.717, 1.165) is 19.0 Å². The molecule has 2 atom stereocenters. The Bertz CT molecular complexity index is 316. The zero-order valence-corrected chi connectivity index (χ0v) is 15.1. The summed E-state index contributed by atoms with van der Waals surface area (Å²) in [5.41, 5.74) is 0. The molecule has 2 unspecified atom stereocenters. The molecule has 130 valence electrons. The van der Waals surface area contributed by atoms with E-state index in [4.69, 9.17) is 4.74 Å². The van der Waals surface area contributed by atoms with Crippen LogP contribution in [0.15, 0.2) is 4.99 Å². The van der Waals surface area contributed by atoms with Gasteiger partial charge < -0.3 is 25.2 Å². The van der Waals surface area contributed by atoms with Crippen molar-refractivity contribution in [3.8, 4) is 0 Å². The molecule has 22 heavy (non-hydrogen) atoms. The van der Waals surface area contributed by atoms with Crippen LogP contribution in [-0.4, -0.2) is 88.4 Å². The third-order valence-corrected chi connectivity index (χ3v) is 4.12. The second-order valence-electron chi connectivity index (χ2n) is 6.29. The van der Waals surface area contributed by atoms with Gasteiger partial charge in [0.25, 0.3) is 0 Å². The molecule has 1 aliphatic rings. The van der Waals surface area contributed by atoms with Crippen LogP contribution in [0.1, 0.15) is 20.8 Å². The van der Waals surface area contributed by atoms with E-state index in [9.17, 15) is 0 Å². The van der Waals surface area contributed by atoms with Crippen LogP contribution >= 0.6 is 0 Å². The highest BCUT2D eigenvalue weighted by molar-refractivity contribution is 5.79. The van der Waals surface area contributed by atoms with Crippen LogP contribution in [0.5, 0.6) is 0 Å². The quantitative estimate of drug-likeness (QED) is 0.504. The van der Waals surface area contributed by atoms with Crippen LogP contribution in [0.25, 0.3) is 0 Å². The summed E-state index contributed by atoms with van der Waals surface area (Å²) < 4.78 is 5.14. The van der Waals surface area contributed by atoms with E-state index < -0.39 is 0 Å². The van der Waals surface area contributed by atoms with Crippen molar-refractivity contribution in [2.75, 3.05) is 66.6 Å². The zero-order valence-electron chi connectivity index (χ0n) is 15.1. The fraction of sp³-hybridized carbons (Fsp3) is 0.938. The van der Waals surface area contributed by atoms with Gasteiger partial charge in [0.2, 0.25) is 0 Å². The molecule has 1 rings (SSSR count). The van der Waals surface area contributed by atoms with E-state index in [1.165, 1.54) is 32.7 Å². The highest BCUT2D eigenvalue weighted by Crippen LogP contribution is 2.05. The van der Waals surface area contributed by atoms with Gasteiger partial charge in [0, 0.05) is 59.5 Å². The molecular formula is C16H35N5O. The summed E-state index contributed by atoms with van der Waals surface area (Å²) in [4.78, 5) is 9.36. The smallest absolute Gasteiger partial charge is 0.191 e. The fourth-order valence-electron chi connectivity index (χ4n) is 2.78. The van der Waals surface area contributed by atoms with Crippen molar-refractivity contribution in [2.24, 2.45) is 10.9 Å². The van der Waals surface area contributed by atoms with Crippen LogP contribution < -0.4 is 10.6 Å². The summed E-state index contributed by atoms with van der Waals surface area (Å²) in [6, 6.07) is 0.258. The largest absolute Gasteiger partial charge is 0.383 e. The molecule has 1 heterocycles. The highest BCUT2D eigenvalue weighted by atomic mass is 16.5. The molecule has 1 saturated heterocycles. The predicted molar refractivity (Wildman–Crippen MR) is 93.6 cm³/mol. The average molecular weight is 313 g/mol. The van der Waals surface area contributed by atoms with Gasteiger partial charge in [-0.2, -0.15) is 0 Å². The topological polar surface area (TPSA) is 52.1 Å². The van der Waals surface area contributed by atoms with Crippen molar-refractivity contribution in [3.63, 3.8) is 0 Å². The first-order valence-electron chi connectivity index (χ1n) is 8.49. The highest BCUT2D eigenvalue weighted by Gasteiger charge is 2.17. The number of nitrogens with zero attached hydrogens (tertiary/aromatic N) is 3. The minimum atomic E-state index is 0.258. The normalized spacial score (nSPS) is 20.7. The standard InChI is InChI=1S/C16H35N5O/c1-6-20-7-9-21(10-8-20)12-14(2)11-18-16(17-4)19-15(3)13-22-5/h14-15H,6-13H2,1-5H3,(H2,17,18,19). The van der Waals surface area contributed by atoms with Gasteiger partial charge >= 0.3 is 0 Å². The van der Waals surface area contributed by atoms with Crippen molar-refractivity contribution >= 4 is 5.96 Å². The number of nitrogens with one attached hydrogen (secondary N) is 2. The van der Waals surface area contributed by atoms with Gasteiger partial charge in [0.1, 0.15) is 0 Å².